The number of rotatable bonds is 5. The predicted octanol–water partition coefficient (Wildman–Crippen LogP) is 1.98. The first-order valence-electron chi connectivity index (χ1n) is 9.37. The quantitative estimate of drug-likeness (QED) is 0.735. The molecule has 0 unspecified atom stereocenters. The second-order valence-corrected chi connectivity index (χ2v) is 7.74. The second kappa shape index (κ2) is 6.94. The molecule has 0 radical (unpaired) electrons. The lowest BCUT2D eigenvalue weighted by Crippen LogP contribution is -2.47. The molecule has 3 aromatic heterocycles. The summed E-state index contributed by atoms with van der Waals surface area (Å²) in [5, 5.41) is 14.4. The molecular weight excluding hydrogens is 344 g/mol. The Labute approximate surface area is 158 Å². The molecule has 1 saturated heterocycles. The van der Waals surface area contributed by atoms with Crippen LogP contribution in [0.4, 0.5) is 5.82 Å². The third kappa shape index (κ3) is 3.96. The standard InChI is InChI=1S/C19H26N6O2/c1-14-20-16(24-10-8-23(9-11-24)7-6-19(2,3)26)13-17-21-18(22-25(14)17)15-5-4-12-27-15/h4-5,12-13,26H,6-11H2,1-3H3. The van der Waals surface area contributed by atoms with Crippen molar-refractivity contribution in [2.45, 2.75) is 32.8 Å². The monoisotopic (exact) mass is 370 g/mol. The van der Waals surface area contributed by atoms with E-state index in [1.807, 2.05) is 39.0 Å². The molecule has 8 heteroatoms. The van der Waals surface area contributed by atoms with Gasteiger partial charge in [-0.1, -0.05) is 0 Å². The van der Waals surface area contributed by atoms with Gasteiger partial charge in [-0.2, -0.15) is 4.52 Å². The molecule has 1 aliphatic heterocycles. The van der Waals surface area contributed by atoms with Crippen LogP contribution >= 0.6 is 0 Å². The summed E-state index contributed by atoms with van der Waals surface area (Å²) in [6.07, 6.45) is 2.40. The van der Waals surface area contributed by atoms with Crippen LogP contribution in [-0.4, -0.2) is 67.9 Å². The first kappa shape index (κ1) is 17.9. The van der Waals surface area contributed by atoms with Crippen molar-refractivity contribution in [1.82, 2.24) is 24.5 Å². The van der Waals surface area contributed by atoms with E-state index in [4.69, 9.17) is 9.40 Å². The minimum atomic E-state index is -0.611. The molecule has 0 atom stereocenters. The predicted molar refractivity (Wildman–Crippen MR) is 103 cm³/mol. The molecule has 4 heterocycles. The minimum Gasteiger partial charge on any atom is -0.461 e. The molecule has 0 bridgehead atoms. The maximum absolute atomic E-state index is 9.91. The molecule has 1 fully saturated rings. The molecule has 0 amide bonds. The van der Waals surface area contributed by atoms with Crippen LogP contribution in [0.15, 0.2) is 28.9 Å². The summed E-state index contributed by atoms with van der Waals surface area (Å²) in [6, 6.07) is 5.67. The van der Waals surface area contributed by atoms with Crippen LogP contribution in [0, 0.1) is 6.92 Å². The lowest BCUT2D eigenvalue weighted by molar-refractivity contribution is 0.0568. The maximum Gasteiger partial charge on any atom is 0.217 e. The van der Waals surface area contributed by atoms with Gasteiger partial charge in [-0.25, -0.2) is 9.97 Å². The number of furan rings is 1. The van der Waals surface area contributed by atoms with Crippen LogP contribution in [0.3, 0.4) is 0 Å². The molecule has 0 saturated carbocycles. The molecule has 4 rings (SSSR count). The molecule has 27 heavy (non-hydrogen) atoms. The number of aryl methyl sites for hydroxylation is 1. The highest BCUT2D eigenvalue weighted by atomic mass is 16.3. The topological polar surface area (TPSA) is 82.9 Å². The van der Waals surface area contributed by atoms with Crippen LogP contribution in [0.1, 0.15) is 26.1 Å². The number of anilines is 1. The number of aromatic nitrogens is 4. The molecule has 0 aromatic carbocycles. The maximum atomic E-state index is 9.91. The molecule has 1 aliphatic rings. The van der Waals surface area contributed by atoms with Gasteiger partial charge in [0.2, 0.25) is 5.82 Å². The molecule has 1 N–H and O–H groups in total. The van der Waals surface area contributed by atoms with Gasteiger partial charge in [-0.15, -0.1) is 5.10 Å². The summed E-state index contributed by atoms with van der Waals surface area (Å²) in [6.45, 7) is 10.3. The van der Waals surface area contributed by atoms with Crippen LogP contribution < -0.4 is 4.90 Å². The van der Waals surface area contributed by atoms with Crippen molar-refractivity contribution >= 4 is 11.5 Å². The van der Waals surface area contributed by atoms with Crippen molar-refractivity contribution in [3.63, 3.8) is 0 Å². The Hall–Kier alpha value is -2.45. The average Bonchev–Trinajstić information content (AvgIpc) is 3.29. The number of nitrogens with zero attached hydrogens (tertiary/aromatic N) is 6. The van der Waals surface area contributed by atoms with Gasteiger partial charge in [0.05, 0.1) is 11.9 Å². The normalized spacial score (nSPS) is 16.4. The van der Waals surface area contributed by atoms with Crippen molar-refractivity contribution in [2.24, 2.45) is 0 Å². The van der Waals surface area contributed by atoms with Gasteiger partial charge in [-0.05, 0) is 39.3 Å². The number of hydrogen-bond donors (Lipinski definition) is 1. The first-order chi connectivity index (χ1) is 12.9. The Morgan fingerprint density at radius 2 is 1.96 bits per heavy atom. The highest BCUT2D eigenvalue weighted by molar-refractivity contribution is 5.57. The molecule has 0 spiro atoms. The van der Waals surface area contributed by atoms with E-state index in [1.54, 1.807) is 10.8 Å². The van der Waals surface area contributed by atoms with Crippen molar-refractivity contribution in [3.8, 4) is 11.6 Å². The van der Waals surface area contributed by atoms with E-state index in [1.165, 1.54) is 0 Å². The van der Waals surface area contributed by atoms with Crippen LogP contribution in [0.5, 0.6) is 0 Å². The molecule has 0 aliphatic carbocycles. The summed E-state index contributed by atoms with van der Waals surface area (Å²) in [5.74, 6) is 2.95. The average molecular weight is 370 g/mol. The van der Waals surface area contributed by atoms with E-state index in [0.29, 0.717) is 11.6 Å². The van der Waals surface area contributed by atoms with E-state index in [9.17, 15) is 5.11 Å². The Bertz CT molecular complexity index is 904. The van der Waals surface area contributed by atoms with Gasteiger partial charge in [0.15, 0.2) is 11.4 Å². The number of fused-ring (bicyclic) bond motifs is 1. The van der Waals surface area contributed by atoms with Gasteiger partial charge in [-0.3, -0.25) is 4.90 Å². The van der Waals surface area contributed by atoms with E-state index < -0.39 is 5.60 Å². The summed E-state index contributed by atoms with van der Waals surface area (Å²) in [5.41, 5.74) is 0.161. The van der Waals surface area contributed by atoms with Crippen molar-refractivity contribution < 1.29 is 9.52 Å². The smallest absolute Gasteiger partial charge is 0.217 e. The number of piperazine rings is 1. The second-order valence-electron chi connectivity index (χ2n) is 7.74. The Morgan fingerprint density at radius 3 is 2.63 bits per heavy atom. The highest BCUT2D eigenvalue weighted by Gasteiger charge is 2.22. The fourth-order valence-electron chi connectivity index (χ4n) is 3.32. The zero-order valence-corrected chi connectivity index (χ0v) is 16.1. The molecule has 8 nitrogen and oxygen atoms in total. The Morgan fingerprint density at radius 1 is 1.19 bits per heavy atom. The van der Waals surface area contributed by atoms with E-state index in [2.05, 4.69) is 19.9 Å². The highest BCUT2D eigenvalue weighted by Crippen LogP contribution is 2.21. The van der Waals surface area contributed by atoms with Gasteiger partial charge >= 0.3 is 0 Å². The van der Waals surface area contributed by atoms with Gasteiger partial charge in [0, 0.05) is 38.8 Å². The van der Waals surface area contributed by atoms with Crippen molar-refractivity contribution in [3.05, 3.63) is 30.3 Å². The molecule has 3 aromatic rings. The van der Waals surface area contributed by atoms with Crippen molar-refractivity contribution in [1.29, 1.82) is 0 Å². The SMILES string of the molecule is Cc1nc(N2CCN(CCC(C)(C)O)CC2)cc2nc(-c3ccco3)nn12. The van der Waals surface area contributed by atoms with E-state index in [-0.39, 0.29) is 0 Å². The number of hydrogen-bond acceptors (Lipinski definition) is 7. The zero-order valence-electron chi connectivity index (χ0n) is 16.1. The first-order valence-corrected chi connectivity index (χ1v) is 9.37. The van der Waals surface area contributed by atoms with Crippen LogP contribution in [0.25, 0.3) is 17.2 Å². The lowest BCUT2D eigenvalue weighted by atomic mass is 10.1. The molecular formula is C19H26N6O2. The number of aliphatic hydroxyl groups is 1. The zero-order chi connectivity index (χ0) is 19.0. The Kier molecular flexibility index (Phi) is 4.61. The summed E-state index contributed by atoms with van der Waals surface area (Å²) in [7, 11) is 0. The lowest BCUT2D eigenvalue weighted by Gasteiger charge is -2.36. The summed E-state index contributed by atoms with van der Waals surface area (Å²) >= 11 is 0. The van der Waals surface area contributed by atoms with Crippen LogP contribution in [0.2, 0.25) is 0 Å². The third-order valence-electron chi connectivity index (χ3n) is 4.95. The summed E-state index contributed by atoms with van der Waals surface area (Å²) in [4.78, 5) is 14.0. The fraction of sp³-hybridized carbons (Fsp3) is 0.526. The minimum absolute atomic E-state index is 0.568. The van der Waals surface area contributed by atoms with Gasteiger partial charge in [0.25, 0.3) is 0 Å². The van der Waals surface area contributed by atoms with Crippen molar-refractivity contribution in [2.75, 3.05) is 37.6 Å². The Balaban J connectivity index is 1.48. The van der Waals surface area contributed by atoms with Gasteiger partial charge < -0.3 is 14.4 Å². The fourth-order valence-corrected chi connectivity index (χ4v) is 3.32. The van der Waals surface area contributed by atoms with E-state index in [0.717, 1.165) is 56.4 Å². The van der Waals surface area contributed by atoms with Crippen LogP contribution in [-0.2, 0) is 0 Å². The van der Waals surface area contributed by atoms with Gasteiger partial charge in [0.1, 0.15) is 11.6 Å². The van der Waals surface area contributed by atoms with E-state index >= 15 is 0 Å². The molecule has 144 valence electrons. The summed E-state index contributed by atoms with van der Waals surface area (Å²) < 4.78 is 7.15. The third-order valence-corrected chi connectivity index (χ3v) is 4.95. The largest absolute Gasteiger partial charge is 0.461 e.